The smallest absolute Gasteiger partial charge is 0.273 e. The third kappa shape index (κ3) is 5.03. The van der Waals surface area contributed by atoms with Crippen LogP contribution in [-0.2, 0) is 16.4 Å². The molecule has 0 radical (unpaired) electrons. The van der Waals surface area contributed by atoms with E-state index in [1.807, 2.05) is 24.3 Å². The first-order valence-electron chi connectivity index (χ1n) is 9.99. The highest BCUT2D eigenvalue weighted by atomic mass is 79.9. The van der Waals surface area contributed by atoms with Crippen LogP contribution >= 0.6 is 27.3 Å². The van der Waals surface area contributed by atoms with Crippen molar-refractivity contribution in [2.75, 3.05) is 33.3 Å². The summed E-state index contributed by atoms with van der Waals surface area (Å²) in [6.07, 6.45) is 0.640. The molecule has 0 saturated carbocycles. The van der Waals surface area contributed by atoms with Crippen LogP contribution in [0.25, 0.3) is 0 Å². The Bertz CT molecular complexity index is 1190. The van der Waals surface area contributed by atoms with Crippen molar-refractivity contribution in [3.8, 4) is 5.75 Å². The number of ether oxygens (including phenoxy) is 1. The highest BCUT2D eigenvalue weighted by Gasteiger charge is 2.31. The number of methoxy groups -OCH3 is 1. The number of halogens is 1. The Morgan fingerprint density at radius 1 is 1.06 bits per heavy atom. The fourth-order valence-electron chi connectivity index (χ4n) is 3.46. The predicted octanol–water partition coefficient (Wildman–Crippen LogP) is 3.65. The molecule has 10 heteroatoms. The minimum atomic E-state index is -3.58. The second-order valence-corrected chi connectivity index (χ2v) is 11.1. The van der Waals surface area contributed by atoms with E-state index in [4.69, 9.17) is 4.74 Å². The summed E-state index contributed by atoms with van der Waals surface area (Å²) in [5.74, 6) is 0.632. The van der Waals surface area contributed by atoms with Gasteiger partial charge in [-0.2, -0.15) is 4.31 Å². The van der Waals surface area contributed by atoms with Crippen LogP contribution in [-0.4, -0.2) is 61.8 Å². The van der Waals surface area contributed by atoms with Crippen molar-refractivity contribution >= 4 is 43.2 Å². The summed E-state index contributed by atoms with van der Waals surface area (Å²) in [6.45, 7) is 1.18. The molecule has 0 bridgehead atoms. The first-order chi connectivity index (χ1) is 15.4. The first kappa shape index (κ1) is 22.9. The zero-order valence-corrected chi connectivity index (χ0v) is 20.6. The molecule has 2 heterocycles. The van der Waals surface area contributed by atoms with Crippen LogP contribution in [0.3, 0.4) is 0 Å². The van der Waals surface area contributed by atoms with Gasteiger partial charge in [-0.3, -0.25) is 4.79 Å². The molecule has 1 aliphatic rings. The Labute approximate surface area is 199 Å². The fraction of sp³-hybridized carbons (Fsp3) is 0.273. The molecular formula is C22H22BrN3O4S2. The van der Waals surface area contributed by atoms with Crippen LogP contribution in [0.4, 0.5) is 0 Å². The number of piperazine rings is 1. The van der Waals surface area contributed by atoms with Crippen LogP contribution in [0.2, 0.25) is 0 Å². The van der Waals surface area contributed by atoms with E-state index in [0.717, 1.165) is 20.8 Å². The van der Waals surface area contributed by atoms with E-state index in [9.17, 15) is 13.2 Å². The van der Waals surface area contributed by atoms with Gasteiger partial charge in [0, 0.05) is 42.5 Å². The molecule has 1 fully saturated rings. The Morgan fingerprint density at radius 2 is 1.72 bits per heavy atom. The Kier molecular flexibility index (Phi) is 6.94. The van der Waals surface area contributed by atoms with Crippen LogP contribution < -0.4 is 4.74 Å². The largest absolute Gasteiger partial charge is 0.497 e. The van der Waals surface area contributed by atoms with Crippen molar-refractivity contribution in [1.82, 2.24) is 14.2 Å². The topological polar surface area (TPSA) is 79.8 Å². The number of aromatic nitrogens is 1. The molecule has 1 aromatic heterocycles. The van der Waals surface area contributed by atoms with Gasteiger partial charge in [-0.15, -0.1) is 11.3 Å². The second-order valence-electron chi connectivity index (χ2n) is 7.30. The van der Waals surface area contributed by atoms with Crippen LogP contribution in [0.15, 0.2) is 63.3 Å². The SMILES string of the molecule is COc1ccc(Cc2nc(C(=O)N3CCN(S(=O)(=O)c4ccc(Br)cc4)CC3)cs2)cc1. The number of nitrogens with zero attached hydrogens (tertiary/aromatic N) is 3. The highest BCUT2D eigenvalue weighted by molar-refractivity contribution is 9.10. The lowest BCUT2D eigenvalue weighted by molar-refractivity contribution is 0.0692. The van der Waals surface area contributed by atoms with E-state index in [2.05, 4.69) is 20.9 Å². The van der Waals surface area contributed by atoms with E-state index in [1.54, 1.807) is 41.7 Å². The molecule has 4 rings (SSSR count). The number of hydrogen-bond donors (Lipinski definition) is 0. The lowest BCUT2D eigenvalue weighted by Crippen LogP contribution is -2.50. The number of rotatable bonds is 6. The summed E-state index contributed by atoms with van der Waals surface area (Å²) in [6, 6.07) is 14.3. The van der Waals surface area contributed by atoms with Crippen molar-refractivity contribution in [3.63, 3.8) is 0 Å². The van der Waals surface area contributed by atoms with Gasteiger partial charge in [-0.25, -0.2) is 13.4 Å². The molecule has 1 amide bonds. The first-order valence-corrected chi connectivity index (χ1v) is 13.1. The normalized spacial score (nSPS) is 15.0. The highest BCUT2D eigenvalue weighted by Crippen LogP contribution is 2.22. The summed E-state index contributed by atoms with van der Waals surface area (Å²) in [5, 5.41) is 2.63. The van der Waals surface area contributed by atoms with Gasteiger partial charge in [0.25, 0.3) is 5.91 Å². The molecule has 0 N–H and O–H groups in total. The lowest BCUT2D eigenvalue weighted by atomic mass is 10.1. The zero-order chi connectivity index (χ0) is 22.7. The number of hydrogen-bond acceptors (Lipinski definition) is 6. The molecule has 2 aromatic carbocycles. The minimum absolute atomic E-state index is 0.164. The quantitative estimate of drug-likeness (QED) is 0.481. The summed E-state index contributed by atoms with van der Waals surface area (Å²) >= 11 is 4.77. The summed E-state index contributed by atoms with van der Waals surface area (Å²) < 4.78 is 33.1. The average Bonchev–Trinajstić information content (AvgIpc) is 3.28. The lowest BCUT2D eigenvalue weighted by Gasteiger charge is -2.33. The third-order valence-corrected chi connectivity index (χ3v) is 8.55. The van der Waals surface area contributed by atoms with Crippen molar-refractivity contribution in [2.45, 2.75) is 11.3 Å². The zero-order valence-electron chi connectivity index (χ0n) is 17.4. The molecule has 1 aliphatic heterocycles. The van der Waals surface area contributed by atoms with Gasteiger partial charge in [-0.1, -0.05) is 28.1 Å². The molecule has 3 aromatic rings. The van der Waals surface area contributed by atoms with Crippen molar-refractivity contribution in [3.05, 3.63) is 74.6 Å². The van der Waals surface area contributed by atoms with E-state index >= 15 is 0 Å². The molecule has 32 heavy (non-hydrogen) atoms. The maximum Gasteiger partial charge on any atom is 0.273 e. The van der Waals surface area contributed by atoms with Gasteiger partial charge in [0.05, 0.1) is 17.0 Å². The Morgan fingerprint density at radius 3 is 2.34 bits per heavy atom. The van der Waals surface area contributed by atoms with Crippen LogP contribution in [0.5, 0.6) is 5.75 Å². The van der Waals surface area contributed by atoms with Gasteiger partial charge in [0.2, 0.25) is 10.0 Å². The van der Waals surface area contributed by atoms with Crippen molar-refractivity contribution in [1.29, 1.82) is 0 Å². The van der Waals surface area contributed by atoms with Gasteiger partial charge in [0.15, 0.2) is 0 Å². The number of amides is 1. The predicted molar refractivity (Wildman–Crippen MR) is 127 cm³/mol. The number of carbonyl (C=O) groups is 1. The van der Waals surface area contributed by atoms with Crippen LogP contribution in [0, 0.1) is 0 Å². The van der Waals surface area contributed by atoms with E-state index in [1.165, 1.54) is 15.6 Å². The average molecular weight is 536 g/mol. The number of carbonyl (C=O) groups excluding carboxylic acids is 1. The van der Waals surface area contributed by atoms with Crippen LogP contribution in [0.1, 0.15) is 21.1 Å². The molecule has 0 atom stereocenters. The maximum atomic E-state index is 12.9. The van der Waals surface area contributed by atoms with Crippen molar-refractivity contribution < 1.29 is 17.9 Å². The molecular weight excluding hydrogens is 514 g/mol. The van der Waals surface area contributed by atoms with Gasteiger partial charge < -0.3 is 9.64 Å². The standard InChI is InChI=1S/C22H22BrN3O4S2/c1-30-18-6-2-16(3-7-18)14-21-24-20(15-31-21)22(27)25-10-12-26(13-11-25)32(28,29)19-8-4-17(23)5-9-19/h2-9,15H,10-14H2,1H3. The minimum Gasteiger partial charge on any atom is -0.497 e. The van der Waals surface area contributed by atoms with Gasteiger partial charge in [0.1, 0.15) is 11.4 Å². The molecule has 0 spiro atoms. The second kappa shape index (κ2) is 9.70. The Balaban J connectivity index is 1.36. The van der Waals surface area contributed by atoms with Gasteiger partial charge >= 0.3 is 0 Å². The Hall–Kier alpha value is -2.27. The number of thiazole rings is 1. The van der Waals surface area contributed by atoms with E-state index in [-0.39, 0.29) is 23.9 Å². The number of sulfonamides is 1. The molecule has 0 aliphatic carbocycles. The molecule has 7 nitrogen and oxygen atoms in total. The summed E-state index contributed by atoms with van der Waals surface area (Å²) in [7, 11) is -1.95. The molecule has 168 valence electrons. The summed E-state index contributed by atoms with van der Waals surface area (Å²) in [5.41, 5.74) is 1.49. The van der Waals surface area contributed by atoms with Crippen molar-refractivity contribution in [2.24, 2.45) is 0 Å². The third-order valence-electron chi connectivity index (χ3n) is 5.26. The van der Waals surface area contributed by atoms with E-state index < -0.39 is 10.0 Å². The maximum absolute atomic E-state index is 12.9. The number of benzene rings is 2. The fourth-order valence-corrected chi connectivity index (χ4v) is 5.95. The monoisotopic (exact) mass is 535 g/mol. The van der Waals surface area contributed by atoms with E-state index in [0.29, 0.717) is 25.2 Å². The summed E-state index contributed by atoms with van der Waals surface area (Å²) in [4.78, 5) is 19.3. The molecule has 0 unspecified atom stereocenters. The van der Waals surface area contributed by atoms with Gasteiger partial charge in [-0.05, 0) is 42.0 Å². The molecule has 1 saturated heterocycles.